The Morgan fingerprint density at radius 2 is 2.14 bits per heavy atom. The van der Waals surface area contributed by atoms with E-state index in [1.165, 1.54) is 5.56 Å². The van der Waals surface area contributed by atoms with Gasteiger partial charge in [0, 0.05) is 18.4 Å². The second kappa shape index (κ2) is 6.10. The number of aryl methyl sites for hydroxylation is 1. The molecule has 1 atom stereocenters. The van der Waals surface area contributed by atoms with E-state index in [1.807, 2.05) is 42.1 Å². The number of aromatic nitrogens is 2. The highest BCUT2D eigenvalue weighted by Gasteiger charge is 2.17. The molecule has 5 nitrogen and oxygen atoms in total. The van der Waals surface area contributed by atoms with Crippen molar-refractivity contribution >= 4 is 11.6 Å². The molecule has 0 aliphatic carbocycles. The third kappa shape index (κ3) is 3.31. The molecule has 2 N–H and O–H groups in total. The van der Waals surface area contributed by atoms with Crippen molar-refractivity contribution in [3.63, 3.8) is 0 Å². The topological polar surface area (TPSA) is 59.0 Å². The van der Waals surface area contributed by atoms with E-state index in [0.717, 1.165) is 31.6 Å². The van der Waals surface area contributed by atoms with Crippen LogP contribution in [-0.2, 0) is 0 Å². The van der Waals surface area contributed by atoms with Crippen molar-refractivity contribution in [3.05, 3.63) is 47.8 Å². The zero-order valence-corrected chi connectivity index (χ0v) is 12.2. The average Bonchev–Trinajstić information content (AvgIpc) is 3.00. The first-order valence-corrected chi connectivity index (χ1v) is 7.36. The molecule has 3 rings (SSSR count). The van der Waals surface area contributed by atoms with E-state index < -0.39 is 0 Å². The molecular formula is C16H20N4O. The molecule has 1 aromatic carbocycles. The van der Waals surface area contributed by atoms with Crippen molar-refractivity contribution in [1.82, 2.24) is 15.1 Å². The van der Waals surface area contributed by atoms with Crippen LogP contribution in [0.3, 0.4) is 0 Å². The summed E-state index contributed by atoms with van der Waals surface area (Å²) >= 11 is 0. The van der Waals surface area contributed by atoms with Crippen LogP contribution in [0.5, 0.6) is 0 Å². The van der Waals surface area contributed by atoms with E-state index in [-0.39, 0.29) is 5.91 Å². The Hall–Kier alpha value is -2.14. The van der Waals surface area contributed by atoms with Crippen LogP contribution in [0.25, 0.3) is 0 Å². The molecule has 0 radical (unpaired) electrons. The SMILES string of the molecule is Cc1ccc(NC(=O)c2ccn(C3CCCNC3)n2)cc1. The van der Waals surface area contributed by atoms with Gasteiger partial charge < -0.3 is 10.6 Å². The summed E-state index contributed by atoms with van der Waals surface area (Å²) in [4.78, 5) is 12.2. The monoisotopic (exact) mass is 284 g/mol. The van der Waals surface area contributed by atoms with Gasteiger partial charge in [-0.1, -0.05) is 17.7 Å². The molecule has 1 amide bonds. The fourth-order valence-electron chi connectivity index (χ4n) is 2.55. The molecule has 0 saturated carbocycles. The van der Waals surface area contributed by atoms with E-state index in [1.54, 1.807) is 6.07 Å². The zero-order valence-electron chi connectivity index (χ0n) is 12.2. The number of nitrogens with zero attached hydrogens (tertiary/aromatic N) is 2. The molecule has 1 saturated heterocycles. The van der Waals surface area contributed by atoms with E-state index >= 15 is 0 Å². The molecule has 2 aromatic rings. The molecule has 5 heteroatoms. The summed E-state index contributed by atoms with van der Waals surface area (Å²) in [5.74, 6) is -0.165. The maximum absolute atomic E-state index is 12.2. The molecule has 21 heavy (non-hydrogen) atoms. The van der Waals surface area contributed by atoms with Gasteiger partial charge in [-0.15, -0.1) is 0 Å². The van der Waals surface area contributed by atoms with Crippen molar-refractivity contribution in [2.75, 3.05) is 18.4 Å². The minimum Gasteiger partial charge on any atom is -0.321 e. The number of hydrogen-bond donors (Lipinski definition) is 2. The van der Waals surface area contributed by atoms with Gasteiger partial charge in [-0.25, -0.2) is 0 Å². The van der Waals surface area contributed by atoms with Gasteiger partial charge in [0.05, 0.1) is 6.04 Å². The minimum absolute atomic E-state index is 0.165. The molecule has 1 aromatic heterocycles. The van der Waals surface area contributed by atoms with E-state index in [9.17, 15) is 4.79 Å². The average molecular weight is 284 g/mol. The number of carbonyl (C=O) groups is 1. The van der Waals surface area contributed by atoms with Crippen LogP contribution in [0.2, 0.25) is 0 Å². The van der Waals surface area contributed by atoms with Gasteiger partial charge >= 0.3 is 0 Å². The van der Waals surface area contributed by atoms with Gasteiger partial charge in [-0.2, -0.15) is 5.10 Å². The number of anilines is 1. The highest BCUT2D eigenvalue weighted by atomic mass is 16.1. The lowest BCUT2D eigenvalue weighted by atomic mass is 10.1. The standard InChI is InChI=1S/C16H20N4O/c1-12-4-6-13(7-5-12)18-16(21)15-8-10-20(19-15)14-3-2-9-17-11-14/h4-8,10,14,17H,2-3,9,11H2,1H3,(H,18,21). The lowest BCUT2D eigenvalue weighted by molar-refractivity contribution is 0.102. The molecule has 110 valence electrons. The largest absolute Gasteiger partial charge is 0.321 e. The Morgan fingerprint density at radius 1 is 1.33 bits per heavy atom. The van der Waals surface area contributed by atoms with Crippen LogP contribution in [0.4, 0.5) is 5.69 Å². The summed E-state index contributed by atoms with van der Waals surface area (Å²) in [5.41, 5.74) is 2.42. The first-order valence-electron chi connectivity index (χ1n) is 7.36. The van der Waals surface area contributed by atoms with Gasteiger partial charge in [-0.3, -0.25) is 9.48 Å². The fourth-order valence-corrected chi connectivity index (χ4v) is 2.55. The van der Waals surface area contributed by atoms with Crippen LogP contribution in [0.15, 0.2) is 36.5 Å². The summed E-state index contributed by atoms with van der Waals surface area (Å²) in [6.07, 6.45) is 4.14. The predicted octanol–water partition coefficient (Wildman–Crippen LogP) is 2.37. The number of hydrogen-bond acceptors (Lipinski definition) is 3. The van der Waals surface area contributed by atoms with Crippen LogP contribution in [0.1, 0.15) is 34.9 Å². The van der Waals surface area contributed by atoms with Gasteiger partial charge in [0.2, 0.25) is 0 Å². The molecule has 1 unspecified atom stereocenters. The number of piperidine rings is 1. The number of amides is 1. The number of nitrogens with one attached hydrogen (secondary N) is 2. The third-order valence-electron chi connectivity index (χ3n) is 3.80. The Balaban J connectivity index is 1.67. The maximum atomic E-state index is 12.2. The summed E-state index contributed by atoms with van der Waals surface area (Å²) in [6, 6.07) is 9.87. The van der Waals surface area contributed by atoms with Crippen LogP contribution in [-0.4, -0.2) is 28.8 Å². The normalized spacial score (nSPS) is 18.4. The maximum Gasteiger partial charge on any atom is 0.276 e. The molecule has 0 spiro atoms. The summed E-state index contributed by atoms with van der Waals surface area (Å²) in [5, 5.41) is 10.6. The molecule has 1 aliphatic rings. The first-order chi connectivity index (χ1) is 10.2. The first kappa shape index (κ1) is 13.8. The lowest BCUT2D eigenvalue weighted by Gasteiger charge is -2.22. The van der Waals surface area contributed by atoms with E-state index in [2.05, 4.69) is 15.7 Å². The van der Waals surface area contributed by atoms with Crippen LogP contribution < -0.4 is 10.6 Å². The molecule has 0 bridgehead atoms. The highest BCUT2D eigenvalue weighted by molar-refractivity contribution is 6.02. The van der Waals surface area contributed by atoms with Crippen LogP contribution >= 0.6 is 0 Å². The van der Waals surface area contributed by atoms with Crippen molar-refractivity contribution in [1.29, 1.82) is 0 Å². The van der Waals surface area contributed by atoms with Gasteiger partial charge in [-0.05, 0) is 44.5 Å². The minimum atomic E-state index is -0.165. The number of carbonyl (C=O) groups excluding carboxylic acids is 1. The second-order valence-electron chi connectivity index (χ2n) is 5.50. The van der Waals surface area contributed by atoms with Gasteiger partial charge in [0.25, 0.3) is 5.91 Å². The Labute approximate surface area is 124 Å². The quantitative estimate of drug-likeness (QED) is 0.909. The highest BCUT2D eigenvalue weighted by Crippen LogP contribution is 2.16. The van der Waals surface area contributed by atoms with Crippen molar-refractivity contribution in [2.45, 2.75) is 25.8 Å². The van der Waals surface area contributed by atoms with Crippen molar-refractivity contribution in [3.8, 4) is 0 Å². The van der Waals surface area contributed by atoms with Crippen LogP contribution in [0, 0.1) is 6.92 Å². The Kier molecular flexibility index (Phi) is 4.01. The number of benzene rings is 1. The molecule has 1 aliphatic heterocycles. The van der Waals surface area contributed by atoms with E-state index in [4.69, 9.17) is 0 Å². The van der Waals surface area contributed by atoms with Crippen molar-refractivity contribution in [2.24, 2.45) is 0 Å². The van der Waals surface area contributed by atoms with E-state index in [0.29, 0.717) is 11.7 Å². The Bertz CT molecular complexity index is 611. The summed E-state index contributed by atoms with van der Waals surface area (Å²) < 4.78 is 1.90. The fraction of sp³-hybridized carbons (Fsp3) is 0.375. The zero-order chi connectivity index (χ0) is 14.7. The Morgan fingerprint density at radius 3 is 2.86 bits per heavy atom. The summed E-state index contributed by atoms with van der Waals surface area (Å²) in [6.45, 7) is 4.00. The predicted molar refractivity (Wildman–Crippen MR) is 82.5 cm³/mol. The molecule has 2 heterocycles. The van der Waals surface area contributed by atoms with Gasteiger partial charge in [0.15, 0.2) is 5.69 Å². The summed E-state index contributed by atoms with van der Waals surface area (Å²) in [7, 11) is 0. The molecule has 1 fully saturated rings. The second-order valence-corrected chi connectivity index (χ2v) is 5.50. The van der Waals surface area contributed by atoms with Crippen molar-refractivity contribution < 1.29 is 4.79 Å². The van der Waals surface area contributed by atoms with Gasteiger partial charge in [0.1, 0.15) is 0 Å². The smallest absolute Gasteiger partial charge is 0.276 e. The molecular weight excluding hydrogens is 264 g/mol. The lowest BCUT2D eigenvalue weighted by Crippen LogP contribution is -2.32. The third-order valence-corrected chi connectivity index (χ3v) is 3.80. The number of rotatable bonds is 3.